The largest absolute Gasteiger partial charge is 0.455 e. The number of allylic oxidation sites excluding steroid dienone is 1. The highest BCUT2D eigenvalue weighted by atomic mass is 127. The van der Waals surface area contributed by atoms with Crippen molar-refractivity contribution in [3.8, 4) is 17.9 Å². The number of halogens is 1. The summed E-state index contributed by atoms with van der Waals surface area (Å²) < 4.78 is 3.99. The average Bonchev–Trinajstić information content (AvgIpc) is 2.27. The third kappa shape index (κ3) is 2.72. The van der Waals surface area contributed by atoms with Gasteiger partial charge in [-0.05, 0) is 28.7 Å². The Hall–Kier alpha value is -1.57. The van der Waals surface area contributed by atoms with Crippen LogP contribution in [0, 0.1) is 22.7 Å². The second kappa shape index (κ2) is 5.50. The first kappa shape index (κ1) is 12.5. The monoisotopic (exact) mass is 326 g/mol. The molecular weight excluding hydrogens is 319 g/mol. The van der Waals surface area contributed by atoms with Gasteiger partial charge in [0.1, 0.15) is 17.4 Å². The lowest BCUT2D eigenvalue weighted by atomic mass is 10.0. The summed E-state index contributed by atoms with van der Waals surface area (Å²) in [7, 11) is 0. The summed E-state index contributed by atoms with van der Waals surface area (Å²) in [6.07, 6.45) is 0. The Kier molecular flexibility index (Phi) is 4.29. The Morgan fingerprint density at radius 2 is 2.19 bits per heavy atom. The molecule has 0 fully saturated rings. The number of hydrogen-bond donors (Lipinski definition) is 1. The molecular formula is C11H7IN2O2. The summed E-state index contributed by atoms with van der Waals surface area (Å²) in [4.78, 5) is 0. The van der Waals surface area contributed by atoms with E-state index in [0.717, 1.165) is 0 Å². The van der Waals surface area contributed by atoms with E-state index in [9.17, 15) is 0 Å². The highest BCUT2D eigenvalue weighted by Gasteiger charge is 2.13. The van der Waals surface area contributed by atoms with Gasteiger partial charge >= 0.3 is 0 Å². The van der Waals surface area contributed by atoms with E-state index in [0.29, 0.717) is 5.56 Å². The molecule has 16 heavy (non-hydrogen) atoms. The van der Waals surface area contributed by atoms with E-state index in [-0.39, 0.29) is 16.9 Å². The Morgan fingerprint density at radius 3 is 2.69 bits per heavy atom. The van der Waals surface area contributed by atoms with Crippen LogP contribution in [-0.2, 0) is 0 Å². The molecule has 80 valence electrons. The number of benzene rings is 1. The van der Waals surface area contributed by atoms with Gasteiger partial charge in [0.2, 0.25) is 4.30 Å². The van der Waals surface area contributed by atoms with Gasteiger partial charge in [0.05, 0.1) is 11.6 Å². The van der Waals surface area contributed by atoms with E-state index in [1.807, 2.05) is 12.1 Å². The number of nitrogens with zero attached hydrogens (tertiary/aromatic N) is 2. The summed E-state index contributed by atoms with van der Waals surface area (Å²) in [6.45, 7) is 3.54. The summed E-state index contributed by atoms with van der Waals surface area (Å²) in [5.74, 6) is 0.235. The van der Waals surface area contributed by atoms with Crippen molar-refractivity contribution < 1.29 is 9.84 Å². The summed E-state index contributed by atoms with van der Waals surface area (Å²) in [6, 6.07) is 8.59. The molecule has 0 saturated heterocycles. The van der Waals surface area contributed by atoms with Crippen molar-refractivity contribution in [3.63, 3.8) is 0 Å². The maximum absolute atomic E-state index is 9.08. The fraction of sp³-hybridized carbons (Fsp3) is 0.0909. The van der Waals surface area contributed by atoms with Gasteiger partial charge in [-0.25, -0.2) is 0 Å². The van der Waals surface area contributed by atoms with E-state index in [4.69, 9.17) is 20.4 Å². The zero-order chi connectivity index (χ0) is 12.1. The number of nitriles is 2. The molecule has 0 aromatic heterocycles. The van der Waals surface area contributed by atoms with Crippen molar-refractivity contribution >= 4 is 28.2 Å². The van der Waals surface area contributed by atoms with Gasteiger partial charge in [-0.2, -0.15) is 10.5 Å². The van der Waals surface area contributed by atoms with Gasteiger partial charge in [-0.1, -0.05) is 18.7 Å². The third-order valence-electron chi connectivity index (χ3n) is 1.82. The molecule has 0 spiro atoms. The van der Waals surface area contributed by atoms with Crippen molar-refractivity contribution in [2.45, 2.75) is 4.30 Å². The summed E-state index contributed by atoms with van der Waals surface area (Å²) in [5, 5.41) is 26.8. The highest BCUT2D eigenvalue weighted by molar-refractivity contribution is 14.1. The second-order valence-corrected chi connectivity index (χ2v) is 3.86. The third-order valence-corrected chi connectivity index (χ3v) is 2.08. The second-order valence-electron chi connectivity index (χ2n) is 2.79. The molecule has 1 aromatic rings. The first-order valence-corrected chi connectivity index (χ1v) is 5.46. The quantitative estimate of drug-likeness (QED) is 0.400. The molecule has 0 radical (unpaired) electrons. The topological polar surface area (TPSA) is 77.0 Å². The van der Waals surface area contributed by atoms with Gasteiger partial charge in [0.15, 0.2) is 0 Å². The molecule has 1 N–H and O–H groups in total. The predicted octanol–water partition coefficient (Wildman–Crippen LogP) is 2.18. The number of ether oxygens (including phenoxy) is 1. The highest BCUT2D eigenvalue weighted by Crippen LogP contribution is 2.27. The van der Waals surface area contributed by atoms with Crippen LogP contribution in [0.25, 0.3) is 5.57 Å². The lowest BCUT2D eigenvalue weighted by molar-refractivity contribution is 0.0779. The number of aliphatic hydroxyl groups is 1. The van der Waals surface area contributed by atoms with Crippen molar-refractivity contribution in [2.75, 3.05) is 0 Å². The molecule has 0 aliphatic heterocycles. The fourth-order valence-electron chi connectivity index (χ4n) is 1.16. The minimum atomic E-state index is -1.05. The molecule has 0 bridgehead atoms. The van der Waals surface area contributed by atoms with E-state index < -0.39 is 4.30 Å². The SMILES string of the molecule is C=C(C#N)c1cccc(OC(O)I)c1C#N. The summed E-state index contributed by atoms with van der Waals surface area (Å²) >= 11 is 1.65. The van der Waals surface area contributed by atoms with E-state index in [1.165, 1.54) is 0 Å². The van der Waals surface area contributed by atoms with Crippen molar-refractivity contribution in [1.82, 2.24) is 0 Å². The smallest absolute Gasteiger partial charge is 0.249 e. The van der Waals surface area contributed by atoms with Crippen LogP contribution in [0.1, 0.15) is 11.1 Å². The molecule has 1 unspecified atom stereocenters. The first-order chi connectivity index (χ1) is 7.60. The number of alkyl halides is 1. The zero-order valence-electron chi connectivity index (χ0n) is 8.14. The number of rotatable bonds is 3. The average molecular weight is 326 g/mol. The standard InChI is InChI=1S/C11H7IN2O2/c1-7(5-13)8-3-2-4-10(9(8)6-14)16-11(12)15/h2-4,11,15H,1H2. The van der Waals surface area contributed by atoms with E-state index in [2.05, 4.69) is 6.58 Å². The number of aliphatic hydroxyl groups excluding tert-OH is 1. The Morgan fingerprint density at radius 1 is 1.50 bits per heavy atom. The maximum Gasteiger partial charge on any atom is 0.249 e. The number of hydrogen-bond acceptors (Lipinski definition) is 4. The normalized spacial score (nSPS) is 11.0. The minimum absolute atomic E-state index is 0.185. The zero-order valence-corrected chi connectivity index (χ0v) is 10.3. The maximum atomic E-state index is 9.08. The molecule has 1 aromatic carbocycles. The Bertz CT molecular complexity index is 498. The Balaban J connectivity index is 3.29. The van der Waals surface area contributed by atoms with Gasteiger partial charge in [-0.3, -0.25) is 0 Å². The molecule has 1 rings (SSSR count). The predicted molar refractivity (Wildman–Crippen MR) is 66.5 cm³/mol. The van der Waals surface area contributed by atoms with E-state index >= 15 is 0 Å². The molecule has 1 atom stereocenters. The molecule has 5 heteroatoms. The molecule has 4 nitrogen and oxygen atoms in total. The van der Waals surface area contributed by atoms with Gasteiger partial charge in [-0.15, -0.1) is 0 Å². The Labute approximate surface area is 107 Å². The lowest BCUT2D eigenvalue weighted by Gasteiger charge is -2.10. The van der Waals surface area contributed by atoms with Crippen LogP contribution >= 0.6 is 22.6 Å². The van der Waals surface area contributed by atoms with Crippen LogP contribution in [-0.4, -0.2) is 9.40 Å². The molecule has 0 amide bonds. The fourth-order valence-corrected chi connectivity index (χ4v) is 1.44. The van der Waals surface area contributed by atoms with E-state index in [1.54, 1.807) is 40.8 Å². The molecule has 0 aliphatic carbocycles. The van der Waals surface area contributed by atoms with Crippen LogP contribution in [0.3, 0.4) is 0 Å². The minimum Gasteiger partial charge on any atom is -0.455 e. The van der Waals surface area contributed by atoms with Gasteiger partial charge < -0.3 is 9.84 Å². The summed E-state index contributed by atoms with van der Waals surface area (Å²) in [5.41, 5.74) is 0.800. The van der Waals surface area contributed by atoms with Crippen LogP contribution < -0.4 is 4.74 Å². The van der Waals surface area contributed by atoms with Gasteiger partial charge in [0, 0.05) is 5.56 Å². The van der Waals surface area contributed by atoms with Crippen molar-refractivity contribution in [2.24, 2.45) is 0 Å². The van der Waals surface area contributed by atoms with Crippen LogP contribution in [0.4, 0.5) is 0 Å². The van der Waals surface area contributed by atoms with Crippen molar-refractivity contribution in [3.05, 3.63) is 35.9 Å². The van der Waals surface area contributed by atoms with Crippen LogP contribution in [0.2, 0.25) is 0 Å². The van der Waals surface area contributed by atoms with Gasteiger partial charge in [0.25, 0.3) is 0 Å². The molecule has 0 heterocycles. The first-order valence-electron chi connectivity index (χ1n) is 4.21. The van der Waals surface area contributed by atoms with Crippen LogP contribution in [0.15, 0.2) is 24.8 Å². The lowest BCUT2D eigenvalue weighted by Crippen LogP contribution is -2.07. The van der Waals surface area contributed by atoms with Crippen LogP contribution in [0.5, 0.6) is 5.75 Å². The van der Waals surface area contributed by atoms with Crippen molar-refractivity contribution in [1.29, 1.82) is 10.5 Å². The molecule has 0 saturated carbocycles. The molecule has 0 aliphatic rings.